The number of hydroxylamine groups is 1. The van der Waals surface area contributed by atoms with Gasteiger partial charge in [-0.05, 0) is 84.2 Å². The largest absolute Gasteiger partial charge is 0.573 e. The molecule has 2 fully saturated rings. The minimum atomic E-state index is -4.78. The number of hydrogen-bond donors (Lipinski definition) is 2. The molecular weight excluding hydrogens is 489 g/mol. The number of fused-ring (bicyclic) bond motifs is 5. The van der Waals surface area contributed by atoms with E-state index < -0.39 is 6.36 Å². The molecule has 0 aromatic heterocycles. The molecule has 0 heterocycles. The molecule has 2 aromatic rings. The van der Waals surface area contributed by atoms with Crippen LogP contribution in [0.4, 0.5) is 13.2 Å². The van der Waals surface area contributed by atoms with Crippen molar-refractivity contribution in [3.63, 3.8) is 0 Å². The number of alkyl halides is 3. The minimum Gasteiger partial charge on any atom is -0.504 e. The summed E-state index contributed by atoms with van der Waals surface area (Å²) in [5, 5.41) is 13.9. The quantitative estimate of drug-likeness (QED) is 0.325. The van der Waals surface area contributed by atoms with Crippen LogP contribution in [0.3, 0.4) is 0 Å². The van der Waals surface area contributed by atoms with E-state index in [0.29, 0.717) is 17.0 Å². The Morgan fingerprint density at radius 3 is 2.73 bits per heavy atom. The predicted molar refractivity (Wildman–Crippen MR) is 130 cm³/mol. The second kappa shape index (κ2) is 9.55. The third-order valence-electron chi connectivity index (χ3n) is 8.36. The zero-order chi connectivity index (χ0) is 26.4. The summed E-state index contributed by atoms with van der Waals surface area (Å²) in [7, 11) is 1.51. The molecule has 1 unspecified atom stereocenters. The van der Waals surface area contributed by atoms with E-state index in [1.807, 2.05) is 6.07 Å². The van der Waals surface area contributed by atoms with E-state index in [0.717, 1.165) is 36.8 Å². The first-order chi connectivity index (χ1) is 17.6. The molecule has 2 N–H and O–H groups in total. The van der Waals surface area contributed by atoms with Crippen LogP contribution in [0.25, 0.3) is 5.70 Å². The molecule has 198 valence electrons. The van der Waals surface area contributed by atoms with Crippen LogP contribution in [0.1, 0.15) is 55.2 Å². The summed E-state index contributed by atoms with van der Waals surface area (Å²) in [6, 6.07) is 8.89. The molecule has 2 aromatic carbocycles. The van der Waals surface area contributed by atoms with Gasteiger partial charge in [0.1, 0.15) is 5.75 Å². The maximum atomic E-state index is 12.6. The second-order valence-corrected chi connectivity index (χ2v) is 10.3. The first kappa shape index (κ1) is 25.4. The van der Waals surface area contributed by atoms with Crippen molar-refractivity contribution in [2.75, 3.05) is 7.11 Å². The van der Waals surface area contributed by atoms with Gasteiger partial charge in [0.25, 0.3) is 0 Å². The molecule has 0 saturated heterocycles. The molecule has 10 heteroatoms. The van der Waals surface area contributed by atoms with Gasteiger partial charge in [0.05, 0.1) is 25.5 Å². The molecule has 0 radical (unpaired) electrons. The molecular formula is C27H29F3N2O5. The number of allylic oxidation sites excluding steroid dienone is 1. The lowest BCUT2D eigenvalue weighted by molar-refractivity contribution is -0.274. The summed E-state index contributed by atoms with van der Waals surface area (Å²) in [4.78, 5) is 17.3. The summed E-state index contributed by atoms with van der Waals surface area (Å²) in [5.41, 5.74) is 5.74. The number of phenolic OH excluding ortho intramolecular Hbond substituents is 1. The van der Waals surface area contributed by atoms with E-state index >= 15 is 0 Å². The van der Waals surface area contributed by atoms with Crippen LogP contribution < -0.4 is 15.0 Å². The van der Waals surface area contributed by atoms with E-state index in [2.05, 4.69) is 28.4 Å². The van der Waals surface area contributed by atoms with Crippen LogP contribution in [0.5, 0.6) is 17.2 Å². The molecule has 5 rings (SSSR count). The fraction of sp³-hybridized carbons (Fsp3) is 0.481. The van der Waals surface area contributed by atoms with Crippen molar-refractivity contribution in [1.82, 2.24) is 5.48 Å². The normalized spacial score (nSPS) is 28.4. The van der Waals surface area contributed by atoms with Crippen molar-refractivity contribution in [2.45, 2.75) is 57.5 Å². The number of benzene rings is 2. The summed E-state index contributed by atoms with van der Waals surface area (Å²) >= 11 is 0. The molecule has 0 bridgehead atoms. The summed E-state index contributed by atoms with van der Waals surface area (Å²) in [6.45, 7) is 2.14. The smallest absolute Gasteiger partial charge is 0.504 e. The Kier molecular flexibility index (Phi) is 6.55. The van der Waals surface area contributed by atoms with Crippen molar-refractivity contribution in [1.29, 1.82) is 0 Å². The number of nitrogens with one attached hydrogen (secondary N) is 1. The highest BCUT2D eigenvalue weighted by molar-refractivity contribution is 5.72. The lowest BCUT2D eigenvalue weighted by atomic mass is 9.56. The predicted octanol–water partition coefficient (Wildman–Crippen LogP) is 6.42. The van der Waals surface area contributed by atoms with E-state index in [1.165, 1.54) is 25.3 Å². The topological polar surface area (TPSA) is 89.4 Å². The highest BCUT2D eigenvalue weighted by atomic mass is 19.4. The number of phenols is 1. The van der Waals surface area contributed by atoms with Gasteiger partial charge < -0.3 is 14.6 Å². The van der Waals surface area contributed by atoms with Gasteiger partial charge >= 0.3 is 6.36 Å². The van der Waals surface area contributed by atoms with E-state index in [4.69, 9.17) is 9.57 Å². The van der Waals surface area contributed by atoms with Gasteiger partial charge in [-0.2, -0.15) is 4.91 Å². The minimum absolute atomic E-state index is 0.00358. The molecule has 7 nitrogen and oxygen atoms in total. The van der Waals surface area contributed by atoms with Gasteiger partial charge in [0.2, 0.25) is 0 Å². The zero-order valence-corrected chi connectivity index (χ0v) is 20.5. The Morgan fingerprint density at radius 1 is 1.19 bits per heavy atom. The highest BCUT2D eigenvalue weighted by Crippen LogP contribution is 2.61. The van der Waals surface area contributed by atoms with Crippen LogP contribution >= 0.6 is 0 Å². The molecule has 5 atom stereocenters. The van der Waals surface area contributed by atoms with Crippen molar-refractivity contribution >= 4 is 5.70 Å². The second-order valence-electron chi connectivity index (χ2n) is 10.3. The number of rotatable bonds is 7. The molecule has 3 aliphatic rings. The monoisotopic (exact) mass is 518 g/mol. The molecule has 0 aliphatic heterocycles. The fourth-order valence-corrected chi connectivity index (χ4v) is 6.62. The maximum absolute atomic E-state index is 12.6. The summed E-state index contributed by atoms with van der Waals surface area (Å²) in [5.74, 6) is 0.632. The lowest BCUT2D eigenvalue weighted by Gasteiger charge is -2.48. The maximum Gasteiger partial charge on any atom is 0.573 e. The fourth-order valence-electron chi connectivity index (χ4n) is 6.62. The Balaban J connectivity index is 1.41. The van der Waals surface area contributed by atoms with E-state index in [1.54, 1.807) is 12.1 Å². The number of nitroso groups, excluding NO2 is 1. The van der Waals surface area contributed by atoms with Gasteiger partial charge in [0.15, 0.2) is 11.5 Å². The van der Waals surface area contributed by atoms with Crippen molar-refractivity contribution < 1.29 is 32.6 Å². The number of methoxy groups -OCH3 is 1. The van der Waals surface area contributed by atoms with Gasteiger partial charge in [0, 0.05) is 5.56 Å². The Labute approximate surface area is 212 Å². The number of hydrogen-bond acceptors (Lipinski definition) is 7. The van der Waals surface area contributed by atoms with Crippen molar-refractivity contribution in [3.05, 3.63) is 64.1 Å². The summed E-state index contributed by atoms with van der Waals surface area (Å²) < 4.78 is 47.1. The van der Waals surface area contributed by atoms with Crippen LogP contribution in [0.2, 0.25) is 0 Å². The van der Waals surface area contributed by atoms with Crippen LogP contribution in [-0.4, -0.2) is 24.6 Å². The SMILES string of the molecule is COc1cc2c(cc1O)C(NOCc1cccc(OC(F)(F)F)c1)=C[C@@H]1[C@@H]2CC[C@]2(C)C(N=O)CC[C@@H]12. The average molecular weight is 519 g/mol. The van der Waals surface area contributed by atoms with Crippen LogP contribution in [0.15, 0.2) is 47.7 Å². The average Bonchev–Trinajstić information content (AvgIpc) is 3.19. The molecule has 2 saturated carbocycles. The zero-order valence-electron chi connectivity index (χ0n) is 20.5. The molecule has 3 aliphatic carbocycles. The van der Waals surface area contributed by atoms with Gasteiger partial charge in [-0.25, -0.2) is 0 Å². The van der Waals surface area contributed by atoms with Gasteiger partial charge in [-0.3, -0.25) is 10.3 Å². The number of halogens is 3. The van der Waals surface area contributed by atoms with Crippen LogP contribution in [0, 0.1) is 22.2 Å². The highest BCUT2D eigenvalue weighted by Gasteiger charge is 2.55. The van der Waals surface area contributed by atoms with Gasteiger partial charge in [-0.1, -0.05) is 30.3 Å². The third kappa shape index (κ3) is 4.74. The van der Waals surface area contributed by atoms with E-state index in [-0.39, 0.29) is 47.3 Å². The molecule has 0 amide bonds. The lowest BCUT2D eigenvalue weighted by Crippen LogP contribution is -2.42. The standard InChI is InChI=1S/C27H29F3N2O5/c1-26-9-8-17-18-13-24(35-2)23(33)12-20(18)22(11-19(17)21(26)6-7-25(26)31-34)32-36-14-15-4-3-5-16(10-15)37-27(28,29)30/h3-5,10-13,17,19,21,25,32-33H,6-9,14H2,1-2H3/t17-,19-,21+,25?,26+/m1/s1. The van der Waals surface area contributed by atoms with Crippen molar-refractivity contribution in [3.8, 4) is 17.2 Å². The number of ether oxygens (including phenoxy) is 2. The van der Waals surface area contributed by atoms with E-state index in [9.17, 15) is 23.2 Å². The number of aromatic hydroxyl groups is 1. The van der Waals surface area contributed by atoms with Crippen molar-refractivity contribution in [2.24, 2.45) is 22.4 Å². The first-order valence-corrected chi connectivity index (χ1v) is 12.3. The molecule has 0 spiro atoms. The van der Waals surface area contributed by atoms with Gasteiger partial charge in [-0.15, -0.1) is 13.2 Å². The van der Waals surface area contributed by atoms with Crippen LogP contribution in [-0.2, 0) is 11.4 Å². The third-order valence-corrected chi connectivity index (χ3v) is 8.36. The Bertz CT molecular complexity index is 1220. The number of nitrogens with zero attached hydrogens (tertiary/aromatic N) is 1. The Morgan fingerprint density at radius 2 is 2.00 bits per heavy atom. The first-order valence-electron chi connectivity index (χ1n) is 12.3. The molecule has 37 heavy (non-hydrogen) atoms. The summed E-state index contributed by atoms with van der Waals surface area (Å²) in [6.07, 6.45) is 0.763. The Hall–Kier alpha value is -3.27.